The molecule has 1 aromatic carbocycles. The minimum Gasteiger partial charge on any atom is -0.488 e. The maximum atomic E-state index is 15.0. The van der Waals surface area contributed by atoms with Crippen LogP contribution in [0.25, 0.3) is 22.2 Å². The molecule has 1 N–H and O–H groups in total. The molecule has 2 aliphatic rings. The molecule has 1 saturated heterocycles. The molecule has 0 spiro atoms. The molecule has 0 bridgehead atoms. The minimum atomic E-state index is -3.37. The van der Waals surface area contributed by atoms with Crippen LogP contribution in [0.15, 0.2) is 24.4 Å². The van der Waals surface area contributed by atoms with Crippen LogP contribution in [0.5, 0.6) is 11.6 Å². The van der Waals surface area contributed by atoms with Crippen LogP contribution in [0, 0.1) is 11.7 Å². The molecule has 0 unspecified atom stereocenters. The molecule has 0 radical (unpaired) electrons. The number of sulfone groups is 1. The van der Waals surface area contributed by atoms with E-state index in [0.29, 0.717) is 52.3 Å². The lowest BCUT2D eigenvalue weighted by Crippen LogP contribution is -2.45. The Balaban J connectivity index is 1.63. The van der Waals surface area contributed by atoms with Crippen LogP contribution in [-0.2, 0) is 15.6 Å². The number of aromatic nitrogens is 3. The molecule has 11 heteroatoms. The molecule has 0 amide bonds. The van der Waals surface area contributed by atoms with Gasteiger partial charge in [-0.3, -0.25) is 0 Å². The Morgan fingerprint density at radius 3 is 2.49 bits per heavy atom. The first-order valence-corrected chi connectivity index (χ1v) is 15.3. The van der Waals surface area contributed by atoms with Crippen molar-refractivity contribution >= 4 is 26.7 Å². The van der Waals surface area contributed by atoms with E-state index in [4.69, 9.17) is 19.4 Å². The third-order valence-corrected chi connectivity index (χ3v) is 8.39. The van der Waals surface area contributed by atoms with E-state index < -0.39 is 21.3 Å². The molecule has 210 valence electrons. The Bertz CT molecular complexity index is 1480. The fourth-order valence-corrected chi connectivity index (χ4v) is 6.09. The van der Waals surface area contributed by atoms with E-state index in [-0.39, 0.29) is 23.7 Å². The number of benzene rings is 1. The Hall–Kier alpha value is -3.05. The summed E-state index contributed by atoms with van der Waals surface area (Å²) in [5.74, 6) is 0.395. The number of ether oxygens (including phenoxy) is 2. The van der Waals surface area contributed by atoms with Gasteiger partial charge in [-0.05, 0) is 64.0 Å². The maximum absolute atomic E-state index is 15.0. The largest absolute Gasteiger partial charge is 0.488 e. The average Bonchev–Trinajstić information content (AvgIpc) is 2.84. The van der Waals surface area contributed by atoms with Crippen LogP contribution >= 0.6 is 0 Å². The van der Waals surface area contributed by atoms with Crippen LogP contribution in [-0.4, -0.2) is 66.6 Å². The third kappa shape index (κ3) is 6.09. The molecule has 2 aromatic heterocycles. The first-order valence-electron chi connectivity index (χ1n) is 13.3. The van der Waals surface area contributed by atoms with Gasteiger partial charge in [0.2, 0.25) is 11.8 Å². The van der Waals surface area contributed by atoms with Gasteiger partial charge in [0.15, 0.2) is 9.84 Å². The number of hydrogen-bond acceptors (Lipinski definition) is 9. The lowest BCUT2D eigenvalue weighted by atomic mass is 9.72. The molecule has 3 aromatic rings. The zero-order valence-corrected chi connectivity index (χ0v) is 23.6. The second-order valence-corrected chi connectivity index (χ2v) is 13.4. The Labute approximate surface area is 228 Å². The highest BCUT2D eigenvalue weighted by Crippen LogP contribution is 2.41. The zero-order chi connectivity index (χ0) is 27.9. The van der Waals surface area contributed by atoms with E-state index >= 15 is 4.39 Å². The van der Waals surface area contributed by atoms with Gasteiger partial charge in [0.25, 0.3) is 0 Å². The van der Waals surface area contributed by atoms with Crippen molar-refractivity contribution in [1.29, 1.82) is 0 Å². The topological polar surface area (TPSA) is 115 Å². The smallest absolute Gasteiger partial charge is 0.226 e. The van der Waals surface area contributed by atoms with Crippen LogP contribution < -0.4 is 14.4 Å². The summed E-state index contributed by atoms with van der Waals surface area (Å²) in [6, 6.07) is 4.40. The van der Waals surface area contributed by atoms with Gasteiger partial charge in [-0.15, -0.1) is 0 Å². The van der Waals surface area contributed by atoms with Crippen molar-refractivity contribution in [2.24, 2.45) is 5.92 Å². The van der Waals surface area contributed by atoms with Gasteiger partial charge in [0.1, 0.15) is 17.1 Å². The maximum Gasteiger partial charge on any atom is 0.226 e. The lowest BCUT2D eigenvalue weighted by Gasteiger charge is -2.42. The van der Waals surface area contributed by atoms with E-state index in [1.54, 1.807) is 26.1 Å². The minimum absolute atomic E-state index is 0.107. The second kappa shape index (κ2) is 10.5. The highest BCUT2D eigenvalue weighted by Gasteiger charge is 2.40. The third-order valence-electron chi connectivity index (χ3n) is 7.55. The first-order chi connectivity index (χ1) is 18.4. The molecule has 1 saturated carbocycles. The van der Waals surface area contributed by atoms with Gasteiger partial charge >= 0.3 is 0 Å². The highest BCUT2D eigenvalue weighted by atomic mass is 32.2. The van der Waals surface area contributed by atoms with Crippen molar-refractivity contribution < 1.29 is 27.4 Å². The number of fused-ring (bicyclic) bond motifs is 1. The van der Waals surface area contributed by atoms with Crippen molar-refractivity contribution in [2.75, 3.05) is 31.4 Å². The molecule has 39 heavy (non-hydrogen) atoms. The van der Waals surface area contributed by atoms with E-state index in [0.717, 1.165) is 38.6 Å². The van der Waals surface area contributed by atoms with Crippen LogP contribution in [0.3, 0.4) is 0 Å². The molecule has 1 aliphatic heterocycles. The summed E-state index contributed by atoms with van der Waals surface area (Å²) < 4.78 is 50.8. The van der Waals surface area contributed by atoms with E-state index in [1.165, 1.54) is 19.2 Å². The molecule has 2 fully saturated rings. The predicted molar refractivity (Wildman–Crippen MR) is 147 cm³/mol. The fraction of sp³-hybridized carbons (Fsp3) is 0.536. The molecule has 0 atom stereocenters. The summed E-state index contributed by atoms with van der Waals surface area (Å²) in [5.41, 5.74) is 1.05. The summed E-state index contributed by atoms with van der Waals surface area (Å²) >= 11 is 0. The Kier molecular flexibility index (Phi) is 7.41. The number of aliphatic hydroxyl groups is 1. The predicted octanol–water partition coefficient (Wildman–Crippen LogP) is 4.30. The van der Waals surface area contributed by atoms with Gasteiger partial charge in [-0.25, -0.2) is 27.8 Å². The normalized spacial score (nSPS) is 20.1. The highest BCUT2D eigenvalue weighted by molar-refractivity contribution is 7.89. The summed E-state index contributed by atoms with van der Waals surface area (Å²) in [5, 5.41) is 10.8. The molecule has 3 heterocycles. The first kappa shape index (κ1) is 27.5. The Morgan fingerprint density at radius 2 is 1.85 bits per heavy atom. The quantitative estimate of drug-likeness (QED) is 0.432. The fourth-order valence-electron chi connectivity index (χ4n) is 5.32. The number of anilines is 1. The van der Waals surface area contributed by atoms with Crippen molar-refractivity contribution in [3.8, 4) is 22.9 Å². The van der Waals surface area contributed by atoms with E-state index in [9.17, 15) is 13.5 Å². The van der Waals surface area contributed by atoms with Gasteiger partial charge in [0, 0.05) is 48.1 Å². The number of piperidine rings is 1. The van der Waals surface area contributed by atoms with Crippen molar-refractivity contribution in [3.63, 3.8) is 0 Å². The zero-order valence-electron chi connectivity index (χ0n) is 22.8. The van der Waals surface area contributed by atoms with Crippen LogP contribution in [0.2, 0.25) is 0 Å². The molecule has 1 aliphatic carbocycles. The number of hydrogen-bond donors (Lipinski definition) is 1. The number of nitrogens with zero attached hydrogens (tertiary/aromatic N) is 4. The Morgan fingerprint density at radius 1 is 1.13 bits per heavy atom. The molecular weight excluding hydrogens is 523 g/mol. The summed E-state index contributed by atoms with van der Waals surface area (Å²) in [7, 11) is -1.94. The lowest BCUT2D eigenvalue weighted by molar-refractivity contribution is -0.0670. The standard InChI is InChI=1S/C28H35FN4O5S/c1-28(2,34)19-11-21(12-19)38-23-14-20(29)13-22-24(31-27(32-25(22)23)33-8-6-5-7-9-33)17-10-18(16-39(4,35)36)26(37-3)30-15-17/h10,13-15,19,21,34H,5-9,11-12,16H2,1-4H3. The van der Waals surface area contributed by atoms with Gasteiger partial charge < -0.3 is 19.5 Å². The summed E-state index contributed by atoms with van der Waals surface area (Å²) in [6.07, 6.45) is 7.04. The van der Waals surface area contributed by atoms with Gasteiger partial charge in [-0.2, -0.15) is 0 Å². The van der Waals surface area contributed by atoms with Crippen LogP contribution in [0.4, 0.5) is 10.3 Å². The van der Waals surface area contributed by atoms with Crippen molar-refractivity contribution in [2.45, 2.75) is 63.4 Å². The average molecular weight is 559 g/mol. The van der Waals surface area contributed by atoms with Gasteiger partial charge in [-0.1, -0.05) is 0 Å². The SMILES string of the molecule is COc1ncc(-c2nc(N3CCCCC3)nc3c(OC4CC(C(C)(C)O)C4)cc(F)cc23)cc1CS(C)(=O)=O. The van der Waals surface area contributed by atoms with E-state index in [2.05, 4.69) is 9.88 Å². The molecule has 9 nitrogen and oxygen atoms in total. The molecular formula is C28H35FN4O5S. The van der Waals surface area contributed by atoms with Crippen LogP contribution in [0.1, 0.15) is 51.5 Å². The number of methoxy groups -OCH3 is 1. The number of rotatable bonds is 8. The number of pyridine rings is 1. The monoisotopic (exact) mass is 558 g/mol. The molecule has 5 rings (SSSR count). The second-order valence-electron chi connectivity index (χ2n) is 11.2. The summed E-state index contributed by atoms with van der Waals surface area (Å²) in [6.45, 7) is 5.18. The number of halogens is 1. The van der Waals surface area contributed by atoms with Gasteiger partial charge in [0.05, 0.1) is 30.3 Å². The summed E-state index contributed by atoms with van der Waals surface area (Å²) in [4.78, 5) is 16.2. The van der Waals surface area contributed by atoms with E-state index in [1.807, 2.05) is 0 Å². The van der Waals surface area contributed by atoms with Crippen molar-refractivity contribution in [1.82, 2.24) is 15.0 Å². The van der Waals surface area contributed by atoms with Crippen molar-refractivity contribution in [3.05, 3.63) is 35.8 Å².